The zero-order valence-electron chi connectivity index (χ0n) is 14.7. The number of primary amides is 1. The Bertz CT molecular complexity index is 650. The van der Waals surface area contributed by atoms with E-state index in [4.69, 9.17) is 15.8 Å². The first kappa shape index (κ1) is 19.5. The topological polar surface area (TPSA) is 131 Å². The molecule has 2 rings (SSSR count). The van der Waals surface area contributed by atoms with Crippen LogP contribution in [0, 0.1) is 17.2 Å². The van der Waals surface area contributed by atoms with Crippen LogP contribution in [0.15, 0.2) is 18.3 Å². The minimum absolute atomic E-state index is 0.0392. The summed E-state index contributed by atoms with van der Waals surface area (Å²) >= 11 is 0. The second-order valence-corrected chi connectivity index (χ2v) is 6.24. The van der Waals surface area contributed by atoms with Gasteiger partial charge in [-0.1, -0.05) is 0 Å². The van der Waals surface area contributed by atoms with Crippen LogP contribution < -0.4 is 16.1 Å². The highest BCUT2D eigenvalue weighted by molar-refractivity contribution is 5.75. The quantitative estimate of drug-likeness (QED) is 0.695. The number of anilines is 1. The number of nitrogens with zero attached hydrogens (tertiary/aromatic N) is 3. The van der Waals surface area contributed by atoms with Gasteiger partial charge in [-0.15, -0.1) is 0 Å². The number of hydrogen-bond acceptors (Lipinski definition) is 7. The number of nitrogens with one attached hydrogen (secondary N) is 1. The lowest BCUT2D eigenvalue weighted by molar-refractivity contribution is -0.136. The van der Waals surface area contributed by atoms with E-state index in [1.54, 1.807) is 19.2 Å². The number of nitriles is 1. The molecule has 0 saturated carbocycles. The fraction of sp³-hybridized carbons (Fsp3) is 0.529. The normalized spacial score (nSPS) is 15.8. The van der Waals surface area contributed by atoms with Crippen LogP contribution in [0.3, 0.4) is 0 Å². The van der Waals surface area contributed by atoms with Crippen molar-refractivity contribution in [1.29, 1.82) is 5.26 Å². The molecule has 0 bridgehead atoms. The van der Waals surface area contributed by atoms with Crippen LogP contribution in [0.1, 0.15) is 31.7 Å². The predicted molar refractivity (Wildman–Crippen MR) is 92.7 cm³/mol. The Morgan fingerprint density at radius 1 is 1.46 bits per heavy atom. The molecule has 2 heterocycles. The molecule has 1 aliphatic heterocycles. The highest BCUT2D eigenvalue weighted by Crippen LogP contribution is 2.24. The molecule has 2 amide bonds. The molecule has 3 N–H and O–H groups in total. The van der Waals surface area contributed by atoms with Crippen LogP contribution in [0.2, 0.25) is 0 Å². The van der Waals surface area contributed by atoms with Gasteiger partial charge in [0.15, 0.2) is 0 Å². The molecule has 26 heavy (non-hydrogen) atoms. The van der Waals surface area contributed by atoms with Gasteiger partial charge in [-0.05, 0) is 37.8 Å². The maximum absolute atomic E-state index is 11.9. The van der Waals surface area contributed by atoms with Gasteiger partial charge in [-0.3, -0.25) is 9.63 Å². The summed E-state index contributed by atoms with van der Waals surface area (Å²) in [6, 6.07) is 5.64. The van der Waals surface area contributed by atoms with Gasteiger partial charge in [-0.25, -0.2) is 15.3 Å². The van der Waals surface area contributed by atoms with Gasteiger partial charge in [0.1, 0.15) is 24.6 Å². The molecular formula is C17H23N5O4. The zero-order chi connectivity index (χ0) is 18.9. The molecule has 140 valence electrons. The number of pyridine rings is 1. The van der Waals surface area contributed by atoms with E-state index in [2.05, 4.69) is 26.2 Å². The number of piperidine rings is 1. The molecular weight excluding hydrogens is 338 g/mol. The van der Waals surface area contributed by atoms with Crippen molar-refractivity contribution in [1.82, 2.24) is 10.5 Å². The van der Waals surface area contributed by atoms with Crippen LogP contribution in [0.4, 0.5) is 10.6 Å². The maximum Gasteiger partial charge on any atom is 0.404 e. The third-order valence-electron chi connectivity index (χ3n) is 4.11. The number of ether oxygens (including phenoxy) is 1. The number of amides is 2. The van der Waals surface area contributed by atoms with Crippen molar-refractivity contribution in [2.75, 3.05) is 24.6 Å². The second-order valence-electron chi connectivity index (χ2n) is 6.24. The third kappa shape index (κ3) is 6.22. The number of nitrogens with two attached hydrogens (primary N) is 1. The average Bonchev–Trinajstić information content (AvgIpc) is 2.62. The first-order valence-corrected chi connectivity index (χ1v) is 8.45. The van der Waals surface area contributed by atoms with Crippen LogP contribution in [0.5, 0.6) is 0 Å². The van der Waals surface area contributed by atoms with Gasteiger partial charge in [0, 0.05) is 25.7 Å². The summed E-state index contributed by atoms with van der Waals surface area (Å²) in [7, 11) is 0. The first-order valence-electron chi connectivity index (χ1n) is 8.45. The van der Waals surface area contributed by atoms with E-state index in [0.717, 1.165) is 31.7 Å². The van der Waals surface area contributed by atoms with E-state index < -0.39 is 12.2 Å². The number of hydrogen-bond donors (Lipinski definition) is 2. The summed E-state index contributed by atoms with van der Waals surface area (Å²) < 4.78 is 4.68. The largest absolute Gasteiger partial charge is 0.444 e. The van der Waals surface area contributed by atoms with E-state index in [9.17, 15) is 9.59 Å². The van der Waals surface area contributed by atoms with Crippen molar-refractivity contribution < 1.29 is 19.2 Å². The van der Waals surface area contributed by atoms with Crippen LogP contribution in [-0.4, -0.2) is 42.8 Å². The predicted octanol–water partition coefficient (Wildman–Crippen LogP) is 1.09. The van der Waals surface area contributed by atoms with E-state index >= 15 is 0 Å². The summed E-state index contributed by atoms with van der Waals surface area (Å²) in [6.45, 7) is 3.27. The van der Waals surface area contributed by atoms with Crippen molar-refractivity contribution in [3.05, 3.63) is 23.9 Å². The zero-order valence-corrected chi connectivity index (χ0v) is 14.7. The molecule has 9 nitrogen and oxygen atoms in total. The molecule has 1 aromatic rings. The van der Waals surface area contributed by atoms with Crippen molar-refractivity contribution in [2.45, 2.75) is 32.3 Å². The number of hydroxylamine groups is 1. The van der Waals surface area contributed by atoms with E-state index in [1.807, 2.05) is 6.07 Å². The molecule has 9 heteroatoms. The minimum Gasteiger partial charge on any atom is -0.444 e. The van der Waals surface area contributed by atoms with E-state index in [0.29, 0.717) is 12.0 Å². The standard InChI is InChI=1S/C17H23N5O4/c1-12(26-17(19)24)11-25-21-16(23)8-13-4-6-22(7-5-13)15-3-2-14(9-18)10-20-15/h2-3,10,12-13H,4-8,11H2,1H3,(H2,19,24)(H,21,23). The van der Waals surface area contributed by atoms with Gasteiger partial charge in [0.05, 0.1) is 5.56 Å². The molecule has 0 aromatic carbocycles. The molecule has 1 aromatic heterocycles. The van der Waals surface area contributed by atoms with Crippen LogP contribution in [0.25, 0.3) is 0 Å². The molecule has 1 fully saturated rings. The highest BCUT2D eigenvalue weighted by atomic mass is 16.7. The Morgan fingerprint density at radius 3 is 2.77 bits per heavy atom. The number of carbonyl (C=O) groups is 2. The highest BCUT2D eigenvalue weighted by Gasteiger charge is 2.22. The van der Waals surface area contributed by atoms with Crippen molar-refractivity contribution in [2.24, 2.45) is 11.7 Å². The minimum atomic E-state index is -0.879. The molecule has 1 aliphatic rings. The van der Waals surface area contributed by atoms with Crippen LogP contribution >= 0.6 is 0 Å². The Balaban J connectivity index is 1.67. The summed E-state index contributed by atoms with van der Waals surface area (Å²) in [4.78, 5) is 34.0. The lowest BCUT2D eigenvalue weighted by Crippen LogP contribution is -2.37. The maximum atomic E-state index is 11.9. The Kier molecular flexibility index (Phi) is 7.17. The van der Waals surface area contributed by atoms with Crippen LogP contribution in [-0.2, 0) is 14.4 Å². The second kappa shape index (κ2) is 9.58. The number of rotatable bonds is 7. The van der Waals surface area contributed by atoms with Gasteiger partial charge >= 0.3 is 6.09 Å². The Hall–Kier alpha value is -2.86. The fourth-order valence-electron chi connectivity index (χ4n) is 2.78. The van der Waals surface area contributed by atoms with Gasteiger partial charge in [0.2, 0.25) is 5.91 Å². The molecule has 1 unspecified atom stereocenters. The van der Waals surface area contributed by atoms with Gasteiger partial charge < -0.3 is 15.4 Å². The number of aromatic nitrogens is 1. The van der Waals surface area contributed by atoms with Crippen molar-refractivity contribution in [3.63, 3.8) is 0 Å². The van der Waals surface area contributed by atoms with Crippen molar-refractivity contribution in [3.8, 4) is 6.07 Å². The fourth-order valence-corrected chi connectivity index (χ4v) is 2.78. The molecule has 0 spiro atoms. The summed E-state index contributed by atoms with van der Waals surface area (Å²) in [6.07, 6.45) is 2.27. The lowest BCUT2D eigenvalue weighted by atomic mass is 9.93. The summed E-state index contributed by atoms with van der Waals surface area (Å²) in [5.41, 5.74) is 7.79. The van der Waals surface area contributed by atoms with E-state index in [-0.39, 0.29) is 18.4 Å². The Morgan fingerprint density at radius 2 is 2.19 bits per heavy atom. The molecule has 0 aliphatic carbocycles. The Labute approximate surface area is 152 Å². The third-order valence-corrected chi connectivity index (χ3v) is 4.11. The first-order chi connectivity index (χ1) is 12.5. The average molecular weight is 361 g/mol. The lowest BCUT2D eigenvalue weighted by Gasteiger charge is -2.32. The molecule has 1 saturated heterocycles. The number of carbonyl (C=O) groups excluding carboxylic acids is 2. The van der Waals surface area contributed by atoms with E-state index in [1.165, 1.54) is 0 Å². The smallest absolute Gasteiger partial charge is 0.404 e. The van der Waals surface area contributed by atoms with Gasteiger partial charge in [-0.2, -0.15) is 5.26 Å². The SMILES string of the molecule is CC(CONC(=O)CC1CCN(c2ccc(C#N)cn2)CC1)OC(N)=O. The van der Waals surface area contributed by atoms with Crippen molar-refractivity contribution >= 4 is 17.8 Å². The molecule has 0 radical (unpaired) electrons. The van der Waals surface area contributed by atoms with Gasteiger partial charge in [0.25, 0.3) is 0 Å². The summed E-state index contributed by atoms with van der Waals surface area (Å²) in [5.74, 6) is 0.914. The molecule has 1 atom stereocenters. The monoisotopic (exact) mass is 361 g/mol. The summed E-state index contributed by atoms with van der Waals surface area (Å²) in [5, 5.41) is 8.81.